The van der Waals surface area contributed by atoms with Crippen molar-refractivity contribution in [3.05, 3.63) is 35.4 Å². The van der Waals surface area contributed by atoms with Gasteiger partial charge in [-0.15, -0.1) is 0 Å². The van der Waals surface area contributed by atoms with Crippen LogP contribution in [0.4, 0.5) is 0 Å². The van der Waals surface area contributed by atoms with E-state index in [9.17, 15) is 19.2 Å². The van der Waals surface area contributed by atoms with Crippen molar-refractivity contribution in [1.82, 2.24) is 16.2 Å². The molecule has 0 saturated carbocycles. The lowest BCUT2D eigenvalue weighted by Crippen LogP contribution is -2.45. The Morgan fingerprint density at radius 1 is 1.07 bits per heavy atom. The van der Waals surface area contributed by atoms with E-state index >= 15 is 0 Å². The van der Waals surface area contributed by atoms with Crippen molar-refractivity contribution in [2.75, 3.05) is 18.6 Å². The molecule has 0 heterocycles. The van der Waals surface area contributed by atoms with Crippen LogP contribution in [-0.4, -0.2) is 48.3 Å². The number of carbonyl (C=O) groups is 4. The van der Waals surface area contributed by atoms with Crippen molar-refractivity contribution in [2.24, 2.45) is 0 Å². The maximum Gasteiger partial charge on any atom is 0.329 e. The highest BCUT2D eigenvalue weighted by Gasteiger charge is 2.24. The predicted molar refractivity (Wildman–Crippen MR) is 112 cm³/mol. The Balaban J connectivity index is 2.71. The van der Waals surface area contributed by atoms with Gasteiger partial charge in [-0.2, -0.15) is 11.8 Å². The predicted octanol–water partition coefficient (Wildman–Crippen LogP) is 1.55. The summed E-state index contributed by atoms with van der Waals surface area (Å²) in [7, 11) is 0. The third kappa shape index (κ3) is 8.99. The summed E-state index contributed by atoms with van der Waals surface area (Å²) in [6.07, 6.45) is 2.25. The highest BCUT2D eigenvalue weighted by atomic mass is 32.2. The Kier molecular flexibility index (Phi) is 9.67. The van der Waals surface area contributed by atoms with E-state index in [1.165, 1.54) is 18.7 Å². The van der Waals surface area contributed by atoms with Gasteiger partial charge in [0.25, 0.3) is 11.8 Å². The van der Waals surface area contributed by atoms with E-state index in [0.29, 0.717) is 17.7 Å². The van der Waals surface area contributed by atoms with Crippen LogP contribution in [0.2, 0.25) is 0 Å². The summed E-state index contributed by atoms with van der Waals surface area (Å²) >= 11 is 1.52. The van der Waals surface area contributed by atoms with E-state index in [0.717, 1.165) is 5.56 Å². The molecule has 0 aliphatic carbocycles. The Bertz CT molecular complexity index is 729. The van der Waals surface area contributed by atoms with E-state index in [1.807, 2.05) is 18.4 Å². The molecule has 160 valence electrons. The molecule has 1 aromatic carbocycles. The average Bonchev–Trinajstić information content (AvgIpc) is 2.66. The lowest BCUT2D eigenvalue weighted by molar-refractivity contribution is -0.150. The molecule has 1 aromatic rings. The first-order chi connectivity index (χ1) is 13.5. The maximum absolute atomic E-state index is 12.5. The van der Waals surface area contributed by atoms with Crippen LogP contribution in [0.25, 0.3) is 0 Å². The zero-order valence-electron chi connectivity index (χ0n) is 17.5. The standard InChI is InChI=1S/C20H29N3O5S/c1-13(24)22-23-17(25)12-28-19(27)16(10-11-29-5)21-18(26)14-6-8-15(9-7-14)20(2,3)4/h6-9,16H,10-12H2,1-5H3,(H,21,26)(H,22,24)(H,23,25)/t16-/m1/s1. The summed E-state index contributed by atoms with van der Waals surface area (Å²) < 4.78 is 4.97. The number of thioether (sulfide) groups is 1. The van der Waals surface area contributed by atoms with Crippen molar-refractivity contribution in [3.8, 4) is 0 Å². The molecule has 0 aromatic heterocycles. The fourth-order valence-corrected chi connectivity index (χ4v) is 2.75. The number of ether oxygens (including phenoxy) is 1. The molecule has 0 aliphatic rings. The van der Waals surface area contributed by atoms with Crippen LogP contribution >= 0.6 is 11.8 Å². The Hall–Kier alpha value is -2.55. The molecule has 29 heavy (non-hydrogen) atoms. The Morgan fingerprint density at radius 3 is 2.21 bits per heavy atom. The molecule has 0 saturated heterocycles. The summed E-state index contributed by atoms with van der Waals surface area (Å²) in [4.78, 5) is 47.2. The highest BCUT2D eigenvalue weighted by Crippen LogP contribution is 2.22. The van der Waals surface area contributed by atoms with Crippen LogP contribution in [0.1, 0.15) is 50.0 Å². The van der Waals surface area contributed by atoms with E-state index in [2.05, 4.69) is 36.9 Å². The first kappa shape index (κ1) is 24.5. The number of rotatable bonds is 8. The second-order valence-corrected chi connectivity index (χ2v) is 8.46. The van der Waals surface area contributed by atoms with Crippen molar-refractivity contribution in [2.45, 2.75) is 45.6 Å². The Morgan fingerprint density at radius 2 is 1.69 bits per heavy atom. The molecule has 8 nitrogen and oxygen atoms in total. The van der Waals surface area contributed by atoms with Gasteiger partial charge < -0.3 is 10.1 Å². The molecule has 3 N–H and O–H groups in total. The monoisotopic (exact) mass is 423 g/mol. The van der Waals surface area contributed by atoms with Gasteiger partial charge in [-0.25, -0.2) is 4.79 Å². The van der Waals surface area contributed by atoms with E-state index in [1.54, 1.807) is 12.1 Å². The number of esters is 1. The number of carbonyl (C=O) groups excluding carboxylic acids is 4. The summed E-state index contributed by atoms with van der Waals surface area (Å²) in [6, 6.07) is 6.32. The van der Waals surface area contributed by atoms with Gasteiger partial charge in [-0.1, -0.05) is 32.9 Å². The molecule has 0 spiro atoms. The lowest BCUT2D eigenvalue weighted by atomic mass is 9.86. The number of hydrogen-bond acceptors (Lipinski definition) is 6. The van der Waals surface area contributed by atoms with Gasteiger partial charge in [0.2, 0.25) is 5.91 Å². The minimum atomic E-state index is -0.884. The SMILES string of the molecule is CSCC[C@@H](NC(=O)c1ccc(C(C)(C)C)cc1)C(=O)OCC(=O)NNC(C)=O. The number of nitrogens with one attached hydrogen (secondary N) is 3. The third-order valence-electron chi connectivity index (χ3n) is 3.94. The van der Waals surface area contributed by atoms with Crippen molar-refractivity contribution < 1.29 is 23.9 Å². The van der Waals surface area contributed by atoms with Crippen LogP contribution in [-0.2, 0) is 24.5 Å². The van der Waals surface area contributed by atoms with Gasteiger partial charge >= 0.3 is 5.97 Å². The molecular formula is C20H29N3O5S. The summed E-state index contributed by atoms with van der Waals surface area (Å²) in [5, 5.41) is 2.67. The zero-order chi connectivity index (χ0) is 22.0. The lowest BCUT2D eigenvalue weighted by Gasteiger charge is -2.20. The van der Waals surface area contributed by atoms with Gasteiger partial charge in [0.1, 0.15) is 6.04 Å². The first-order valence-electron chi connectivity index (χ1n) is 9.17. The number of benzene rings is 1. The minimum absolute atomic E-state index is 0.0302. The smallest absolute Gasteiger partial charge is 0.329 e. The van der Waals surface area contributed by atoms with Crippen LogP contribution in [0, 0.1) is 0 Å². The molecule has 1 rings (SSSR count). The number of amides is 3. The first-order valence-corrected chi connectivity index (χ1v) is 10.6. The Labute approximate surface area is 175 Å². The molecule has 1 atom stereocenters. The summed E-state index contributed by atoms with van der Waals surface area (Å²) in [5.74, 6) is -1.61. The summed E-state index contributed by atoms with van der Waals surface area (Å²) in [5.41, 5.74) is 5.69. The molecule has 0 radical (unpaired) electrons. The molecule has 0 unspecified atom stereocenters. The minimum Gasteiger partial charge on any atom is -0.454 e. The molecule has 0 aliphatic heterocycles. The second-order valence-electron chi connectivity index (χ2n) is 7.47. The second kappa shape index (κ2) is 11.5. The normalized spacial score (nSPS) is 11.9. The van der Waals surface area contributed by atoms with Crippen molar-refractivity contribution >= 4 is 35.5 Å². The molecular weight excluding hydrogens is 394 g/mol. The molecule has 0 bridgehead atoms. The fraction of sp³-hybridized carbons (Fsp3) is 0.500. The largest absolute Gasteiger partial charge is 0.454 e. The van der Waals surface area contributed by atoms with Gasteiger partial charge in [0.15, 0.2) is 6.61 Å². The quantitative estimate of drug-likeness (QED) is 0.432. The number of hydrazine groups is 1. The molecule has 0 fully saturated rings. The molecule has 9 heteroatoms. The van der Waals surface area contributed by atoms with Crippen LogP contribution < -0.4 is 16.2 Å². The van der Waals surface area contributed by atoms with Crippen LogP contribution in [0.15, 0.2) is 24.3 Å². The number of hydrogen-bond donors (Lipinski definition) is 3. The van der Waals surface area contributed by atoms with Gasteiger partial charge in [0, 0.05) is 12.5 Å². The summed E-state index contributed by atoms with van der Waals surface area (Å²) in [6.45, 7) is 6.91. The van der Waals surface area contributed by atoms with Gasteiger partial charge in [-0.3, -0.25) is 25.2 Å². The van der Waals surface area contributed by atoms with E-state index < -0.39 is 36.3 Å². The van der Waals surface area contributed by atoms with Gasteiger partial charge in [0.05, 0.1) is 0 Å². The van der Waals surface area contributed by atoms with Crippen LogP contribution in [0.3, 0.4) is 0 Å². The highest BCUT2D eigenvalue weighted by molar-refractivity contribution is 7.98. The third-order valence-corrected chi connectivity index (χ3v) is 4.58. The van der Waals surface area contributed by atoms with E-state index in [-0.39, 0.29) is 5.41 Å². The molecule has 3 amide bonds. The average molecular weight is 424 g/mol. The van der Waals surface area contributed by atoms with Gasteiger partial charge in [-0.05, 0) is 41.5 Å². The van der Waals surface area contributed by atoms with Crippen molar-refractivity contribution in [3.63, 3.8) is 0 Å². The van der Waals surface area contributed by atoms with E-state index in [4.69, 9.17) is 4.74 Å². The maximum atomic E-state index is 12.5. The topological polar surface area (TPSA) is 114 Å². The van der Waals surface area contributed by atoms with Crippen molar-refractivity contribution in [1.29, 1.82) is 0 Å². The van der Waals surface area contributed by atoms with Crippen LogP contribution in [0.5, 0.6) is 0 Å². The fourth-order valence-electron chi connectivity index (χ4n) is 2.28. The zero-order valence-corrected chi connectivity index (χ0v) is 18.3.